The fraction of sp³-hybridized carbons (Fsp3) is 0.737. The maximum Gasteiger partial charge on any atom is 0.434 e. The van der Waals surface area contributed by atoms with E-state index < -0.39 is 17.5 Å². The third-order valence-corrected chi connectivity index (χ3v) is 6.00. The van der Waals surface area contributed by atoms with Crippen molar-refractivity contribution in [3.8, 4) is 0 Å². The molecule has 2 atom stereocenters. The average molecular weight is 448 g/mol. The van der Waals surface area contributed by atoms with E-state index in [1.165, 1.54) is 0 Å². The van der Waals surface area contributed by atoms with Crippen molar-refractivity contribution < 1.29 is 22.7 Å². The number of aromatic nitrogens is 1. The molecule has 0 spiro atoms. The molecule has 3 rings (SSSR count). The van der Waals surface area contributed by atoms with Crippen molar-refractivity contribution in [3.63, 3.8) is 0 Å². The molecule has 0 radical (unpaired) electrons. The van der Waals surface area contributed by atoms with Crippen molar-refractivity contribution in [1.82, 2.24) is 20.5 Å². The zero-order chi connectivity index (χ0) is 22.1. The van der Waals surface area contributed by atoms with Gasteiger partial charge in [-0.1, -0.05) is 0 Å². The Kier molecular flexibility index (Phi) is 6.49. The lowest BCUT2D eigenvalue weighted by Crippen LogP contribution is -2.54. The van der Waals surface area contributed by atoms with Crippen LogP contribution >= 0.6 is 11.3 Å². The lowest BCUT2D eigenvalue weighted by molar-refractivity contribution is -0.140. The van der Waals surface area contributed by atoms with Gasteiger partial charge in [0, 0.05) is 30.6 Å². The van der Waals surface area contributed by atoms with Crippen LogP contribution in [-0.4, -0.2) is 52.7 Å². The molecule has 2 fully saturated rings. The molecule has 168 valence electrons. The Morgan fingerprint density at radius 2 is 1.93 bits per heavy atom. The van der Waals surface area contributed by atoms with Crippen molar-refractivity contribution in [2.45, 2.75) is 82.9 Å². The van der Waals surface area contributed by atoms with Gasteiger partial charge in [-0.3, -0.25) is 4.99 Å². The van der Waals surface area contributed by atoms with Gasteiger partial charge in [0.2, 0.25) is 0 Å². The van der Waals surface area contributed by atoms with Crippen LogP contribution in [0.5, 0.6) is 0 Å². The summed E-state index contributed by atoms with van der Waals surface area (Å²) in [4.78, 5) is 22.2. The maximum absolute atomic E-state index is 12.7. The number of thiazole rings is 1. The van der Waals surface area contributed by atoms with Gasteiger partial charge in [0.1, 0.15) is 10.6 Å². The molecule has 2 aliphatic rings. The lowest BCUT2D eigenvalue weighted by atomic mass is 9.98. The van der Waals surface area contributed by atoms with E-state index in [0.717, 1.165) is 42.4 Å². The summed E-state index contributed by atoms with van der Waals surface area (Å²) in [6, 6.07) is 0.347. The molecule has 0 saturated carbocycles. The van der Waals surface area contributed by atoms with Crippen molar-refractivity contribution in [2.75, 3.05) is 7.05 Å². The molecule has 2 N–H and O–H groups in total. The number of halogens is 3. The van der Waals surface area contributed by atoms with Crippen LogP contribution in [0.3, 0.4) is 0 Å². The normalized spacial score (nSPS) is 24.7. The smallest absolute Gasteiger partial charge is 0.434 e. The van der Waals surface area contributed by atoms with E-state index in [4.69, 9.17) is 4.74 Å². The molecular formula is C19H28F3N5O2S. The van der Waals surface area contributed by atoms with Gasteiger partial charge < -0.3 is 20.3 Å². The minimum Gasteiger partial charge on any atom is -0.444 e. The first-order valence-electron chi connectivity index (χ1n) is 9.96. The second-order valence-electron chi connectivity index (χ2n) is 8.64. The summed E-state index contributed by atoms with van der Waals surface area (Å²) in [6.07, 6.45) is -1.28. The standard InChI is InChI=1S/C19H28F3N5O2S/c1-18(2,3)29-17(28)27-12-5-6-13(27)8-11(7-12)25-16(23-4)24-9-15-26-14(10-30-15)19(20,21)22/h10-13H,5-9H2,1-4H3,(H2,23,24,25). The van der Waals surface area contributed by atoms with Crippen molar-refractivity contribution in [1.29, 1.82) is 0 Å². The number of amides is 1. The highest BCUT2D eigenvalue weighted by atomic mass is 32.1. The van der Waals surface area contributed by atoms with Crippen LogP contribution < -0.4 is 10.6 Å². The highest BCUT2D eigenvalue weighted by Crippen LogP contribution is 2.37. The number of hydrogen-bond donors (Lipinski definition) is 2. The summed E-state index contributed by atoms with van der Waals surface area (Å²) in [5.74, 6) is 0.508. The number of ether oxygens (including phenoxy) is 1. The molecule has 1 aromatic heterocycles. The quantitative estimate of drug-likeness (QED) is 0.545. The number of piperidine rings is 1. The monoisotopic (exact) mass is 447 g/mol. The van der Waals surface area contributed by atoms with Gasteiger partial charge >= 0.3 is 12.3 Å². The molecule has 1 amide bonds. The predicted octanol–water partition coefficient (Wildman–Crippen LogP) is 3.76. The topological polar surface area (TPSA) is 78.9 Å². The average Bonchev–Trinajstić information content (AvgIpc) is 3.20. The molecule has 0 aliphatic carbocycles. The van der Waals surface area contributed by atoms with Gasteiger partial charge in [0.15, 0.2) is 11.7 Å². The first-order chi connectivity index (χ1) is 14.0. The van der Waals surface area contributed by atoms with E-state index in [0.29, 0.717) is 11.0 Å². The van der Waals surface area contributed by atoms with Crippen LogP contribution in [0.15, 0.2) is 10.4 Å². The SMILES string of the molecule is CN=C(NCc1nc(C(F)(F)F)cs1)NC1CC2CCC(C1)N2C(=O)OC(C)(C)C. The molecular weight excluding hydrogens is 419 g/mol. The van der Waals surface area contributed by atoms with Crippen molar-refractivity contribution in [2.24, 2.45) is 4.99 Å². The number of carbonyl (C=O) groups is 1. The molecule has 30 heavy (non-hydrogen) atoms. The molecule has 1 aromatic rings. The number of guanidine groups is 1. The number of hydrogen-bond acceptors (Lipinski definition) is 5. The zero-order valence-corrected chi connectivity index (χ0v) is 18.4. The fourth-order valence-electron chi connectivity index (χ4n) is 3.98. The number of rotatable bonds is 3. The minimum atomic E-state index is -4.43. The Morgan fingerprint density at radius 3 is 2.43 bits per heavy atom. The third-order valence-electron chi connectivity index (χ3n) is 5.15. The summed E-state index contributed by atoms with van der Waals surface area (Å²) >= 11 is 0.959. The third kappa shape index (κ3) is 5.55. The van der Waals surface area contributed by atoms with Crippen LogP contribution in [0, 0.1) is 0 Å². The predicted molar refractivity (Wildman–Crippen MR) is 108 cm³/mol. The first-order valence-corrected chi connectivity index (χ1v) is 10.8. The van der Waals surface area contributed by atoms with E-state index in [1.807, 2.05) is 25.7 Å². The number of carbonyl (C=O) groups excluding carboxylic acids is 1. The second-order valence-corrected chi connectivity index (χ2v) is 9.58. The second kappa shape index (κ2) is 8.60. The Labute approximate surface area is 178 Å². The van der Waals surface area contributed by atoms with Crippen LogP contribution in [0.4, 0.5) is 18.0 Å². The summed E-state index contributed by atoms with van der Waals surface area (Å²) < 4.78 is 43.6. The molecule has 2 aliphatic heterocycles. The van der Waals surface area contributed by atoms with E-state index >= 15 is 0 Å². The molecule has 2 unspecified atom stereocenters. The lowest BCUT2D eigenvalue weighted by Gasteiger charge is -2.40. The number of nitrogens with one attached hydrogen (secondary N) is 2. The van der Waals surface area contributed by atoms with Crippen LogP contribution in [0.2, 0.25) is 0 Å². The van der Waals surface area contributed by atoms with Crippen molar-refractivity contribution >= 4 is 23.4 Å². The number of alkyl halides is 3. The highest BCUT2D eigenvalue weighted by Gasteiger charge is 2.45. The zero-order valence-electron chi connectivity index (χ0n) is 17.5. The fourth-order valence-corrected chi connectivity index (χ4v) is 4.72. The number of fused-ring (bicyclic) bond motifs is 2. The Morgan fingerprint density at radius 1 is 1.30 bits per heavy atom. The summed E-state index contributed by atoms with van der Waals surface area (Å²) in [7, 11) is 1.61. The van der Waals surface area contributed by atoms with Gasteiger partial charge in [0.25, 0.3) is 0 Å². The van der Waals surface area contributed by atoms with Crippen LogP contribution in [0.1, 0.15) is 57.2 Å². The van der Waals surface area contributed by atoms with Crippen LogP contribution in [-0.2, 0) is 17.5 Å². The summed E-state index contributed by atoms with van der Waals surface area (Å²) in [5, 5.41) is 7.71. The summed E-state index contributed by atoms with van der Waals surface area (Å²) in [6.45, 7) is 5.73. The molecule has 2 saturated heterocycles. The van der Waals surface area contributed by atoms with E-state index in [1.54, 1.807) is 7.05 Å². The molecule has 7 nitrogen and oxygen atoms in total. The first kappa shape index (κ1) is 22.6. The summed E-state index contributed by atoms with van der Waals surface area (Å²) in [5.41, 5.74) is -1.40. The minimum absolute atomic E-state index is 0.113. The van der Waals surface area contributed by atoms with Gasteiger partial charge in [-0.15, -0.1) is 11.3 Å². The molecule has 2 bridgehead atoms. The van der Waals surface area contributed by atoms with Crippen molar-refractivity contribution in [3.05, 3.63) is 16.1 Å². The Hall–Kier alpha value is -2.04. The Balaban J connectivity index is 1.53. The van der Waals surface area contributed by atoms with Gasteiger partial charge in [-0.05, 0) is 46.5 Å². The van der Waals surface area contributed by atoms with E-state index in [2.05, 4.69) is 20.6 Å². The molecule has 0 aromatic carbocycles. The van der Waals surface area contributed by atoms with E-state index in [9.17, 15) is 18.0 Å². The maximum atomic E-state index is 12.7. The van der Waals surface area contributed by atoms with Gasteiger partial charge in [0.05, 0.1) is 6.54 Å². The van der Waals surface area contributed by atoms with Gasteiger partial charge in [-0.25, -0.2) is 9.78 Å². The van der Waals surface area contributed by atoms with E-state index in [-0.39, 0.29) is 30.8 Å². The molecule has 3 heterocycles. The number of aliphatic imine (C=N–C) groups is 1. The van der Waals surface area contributed by atoms with Crippen LogP contribution in [0.25, 0.3) is 0 Å². The highest BCUT2D eigenvalue weighted by molar-refractivity contribution is 7.09. The Bertz CT molecular complexity index is 776. The number of nitrogens with zero attached hydrogens (tertiary/aromatic N) is 3. The largest absolute Gasteiger partial charge is 0.444 e. The van der Waals surface area contributed by atoms with Gasteiger partial charge in [-0.2, -0.15) is 13.2 Å². The molecule has 11 heteroatoms.